The van der Waals surface area contributed by atoms with E-state index in [4.69, 9.17) is 10.5 Å². The molecule has 0 fully saturated rings. The predicted molar refractivity (Wildman–Crippen MR) is 163 cm³/mol. The molecule has 1 aliphatic rings. The van der Waals surface area contributed by atoms with Crippen LogP contribution in [0.2, 0.25) is 0 Å². The van der Waals surface area contributed by atoms with Crippen molar-refractivity contribution >= 4 is 29.5 Å². The molecule has 3 aromatic carbocycles. The Morgan fingerprint density at radius 3 is 2.37 bits per heavy atom. The summed E-state index contributed by atoms with van der Waals surface area (Å²) < 4.78 is 5.20. The molecule has 0 spiro atoms. The van der Waals surface area contributed by atoms with Crippen LogP contribution in [0.4, 0.5) is 10.5 Å². The molecule has 0 saturated heterocycles. The molecule has 0 aromatic heterocycles. The minimum atomic E-state index is -1.29. The third kappa shape index (κ3) is 8.20. The Bertz CT molecular complexity index is 1480. The van der Waals surface area contributed by atoms with Gasteiger partial charge in [-0.3, -0.25) is 14.4 Å². The van der Waals surface area contributed by atoms with Crippen LogP contribution in [0, 0.1) is 0 Å². The van der Waals surface area contributed by atoms with Gasteiger partial charge < -0.3 is 31.1 Å². The first-order valence-electron chi connectivity index (χ1n) is 14.2. The number of para-hydroxylation sites is 1. The molecule has 1 heterocycles. The van der Waals surface area contributed by atoms with E-state index in [1.807, 2.05) is 72.8 Å². The molecule has 4 rings (SSSR count). The smallest absolute Gasteiger partial charge is 0.408 e. The zero-order valence-corrected chi connectivity index (χ0v) is 24.6. The number of primary amides is 1. The minimum absolute atomic E-state index is 0.133. The number of carbonyl (C=O) groups excluding carboxylic acids is 4. The first-order valence-corrected chi connectivity index (χ1v) is 14.2. The van der Waals surface area contributed by atoms with Gasteiger partial charge in [-0.05, 0) is 67.5 Å². The maximum absolute atomic E-state index is 13.9. The molecule has 0 saturated carbocycles. The summed E-state index contributed by atoms with van der Waals surface area (Å²) in [6.07, 6.45) is 0.179. The summed E-state index contributed by atoms with van der Waals surface area (Å²) in [5.74, 6) is -1.39. The van der Waals surface area contributed by atoms with E-state index in [-0.39, 0.29) is 18.9 Å². The molecule has 226 valence electrons. The number of alkyl carbamates (subject to hydrolysis) is 1. The van der Waals surface area contributed by atoms with E-state index >= 15 is 0 Å². The quantitative estimate of drug-likeness (QED) is 0.302. The summed E-state index contributed by atoms with van der Waals surface area (Å²) in [6, 6.07) is 20.8. The molecule has 0 aliphatic carbocycles. The molecular formula is C33H38N4O6. The number of aryl methyl sites for hydroxylation is 1. The van der Waals surface area contributed by atoms with Gasteiger partial charge in [-0.1, -0.05) is 66.7 Å². The van der Waals surface area contributed by atoms with Gasteiger partial charge in [0.25, 0.3) is 0 Å². The van der Waals surface area contributed by atoms with Gasteiger partial charge in [-0.25, -0.2) is 4.79 Å². The topological polar surface area (TPSA) is 151 Å². The van der Waals surface area contributed by atoms with Gasteiger partial charge >= 0.3 is 6.09 Å². The van der Waals surface area contributed by atoms with Crippen molar-refractivity contribution in [2.75, 3.05) is 11.5 Å². The number of nitrogens with two attached hydrogens (primary N) is 1. The molecule has 10 nitrogen and oxygen atoms in total. The van der Waals surface area contributed by atoms with Crippen molar-refractivity contribution < 1.29 is 29.0 Å². The number of hydrogen-bond donors (Lipinski definition) is 4. The zero-order chi connectivity index (χ0) is 31.1. The van der Waals surface area contributed by atoms with Crippen molar-refractivity contribution in [2.24, 2.45) is 5.73 Å². The van der Waals surface area contributed by atoms with Gasteiger partial charge in [0.2, 0.25) is 17.7 Å². The fourth-order valence-electron chi connectivity index (χ4n) is 5.04. The summed E-state index contributed by atoms with van der Waals surface area (Å²) in [4.78, 5) is 52.4. The molecule has 0 bridgehead atoms. The Labute approximate surface area is 251 Å². The molecule has 3 aromatic rings. The maximum Gasteiger partial charge on any atom is 0.408 e. The molecular weight excluding hydrogens is 548 g/mol. The number of hydrogen-bond acceptors (Lipinski definition) is 6. The lowest BCUT2D eigenvalue weighted by Gasteiger charge is -2.28. The molecule has 10 heteroatoms. The van der Waals surface area contributed by atoms with Crippen LogP contribution in [0.15, 0.2) is 72.8 Å². The molecule has 2 atom stereocenters. The van der Waals surface area contributed by atoms with Crippen molar-refractivity contribution in [3.8, 4) is 11.1 Å². The second-order valence-corrected chi connectivity index (χ2v) is 11.5. The number of anilines is 1. The summed E-state index contributed by atoms with van der Waals surface area (Å²) >= 11 is 0. The van der Waals surface area contributed by atoms with Crippen molar-refractivity contribution in [1.82, 2.24) is 10.6 Å². The van der Waals surface area contributed by atoms with Gasteiger partial charge in [0.05, 0.1) is 19.6 Å². The van der Waals surface area contributed by atoms with E-state index < -0.39 is 42.2 Å². The number of carbonyl (C=O) groups is 4. The van der Waals surface area contributed by atoms with Crippen molar-refractivity contribution in [2.45, 2.75) is 64.3 Å². The molecule has 0 unspecified atom stereocenters. The third-order valence-electron chi connectivity index (χ3n) is 7.04. The van der Waals surface area contributed by atoms with Crippen molar-refractivity contribution in [1.29, 1.82) is 0 Å². The summed E-state index contributed by atoms with van der Waals surface area (Å²) in [7, 11) is 0. The average Bonchev–Trinajstić information content (AvgIpc) is 3.08. The van der Waals surface area contributed by atoms with Crippen LogP contribution < -0.4 is 21.3 Å². The number of nitrogens with one attached hydrogen (secondary N) is 2. The van der Waals surface area contributed by atoms with Gasteiger partial charge in [-0.2, -0.15) is 0 Å². The Balaban J connectivity index is 1.53. The standard InChI is InChI=1S/C33H38N4O6/c1-33(2,3)43-32(42)36-27(20-38)30(40)35-26-17-16-23-8-5-7-11-28(23)37(31(26)41)19-21-12-14-22(15-13-21)25-10-6-4-9-24(25)18-29(34)39/h4-15,26-27,38H,16-20H2,1-3H3,(H2,34,39)(H,35,40)(H,36,42)/t26-,27-/m1/s1. The number of rotatable bonds is 9. The van der Waals surface area contributed by atoms with Crippen LogP contribution in [0.5, 0.6) is 0 Å². The number of amides is 4. The fourth-order valence-corrected chi connectivity index (χ4v) is 5.04. The monoisotopic (exact) mass is 586 g/mol. The van der Waals surface area contributed by atoms with Gasteiger partial charge in [0.15, 0.2) is 0 Å². The first kappa shape index (κ1) is 31.2. The van der Waals surface area contributed by atoms with Crippen LogP contribution in [-0.4, -0.2) is 53.2 Å². The highest BCUT2D eigenvalue weighted by Gasteiger charge is 2.33. The van der Waals surface area contributed by atoms with Gasteiger partial charge in [0.1, 0.15) is 17.7 Å². The Morgan fingerprint density at radius 1 is 1.02 bits per heavy atom. The Hall–Kier alpha value is -4.70. The van der Waals surface area contributed by atoms with Crippen LogP contribution in [0.1, 0.15) is 43.9 Å². The number of aliphatic hydroxyl groups is 1. The largest absolute Gasteiger partial charge is 0.444 e. The second kappa shape index (κ2) is 13.5. The SMILES string of the molecule is CC(C)(C)OC(=O)N[C@H](CO)C(=O)N[C@@H]1CCc2ccccc2N(Cc2ccc(-c3ccccc3CC(N)=O)cc2)C1=O. The molecule has 4 amide bonds. The summed E-state index contributed by atoms with van der Waals surface area (Å²) in [5, 5.41) is 14.9. The number of benzene rings is 3. The van der Waals surface area contributed by atoms with Crippen LogP contribution in [0.25, 0.3) is 11.1 Å². The van der Waals surface area contributed by atoms with Gasteiger partial charge in [0, 0.05) is 5.69 Å². The number of aliphatic hydroxyl groups excluding tert-OH is 1. The molecule has 0 radical (unpaired) electrons. The number of fused-ring (bicyclic) bond motifs is 1. The first-order chi connectivity index (χ1) is 20.4. The van der Waals surface area contributed by atoms with E-state index in [1.54, 1.807) is 25.7 Å². The summed E-state index contributed by atoms with van der Waals surface area (Å²) in [5.41, 5.74) is 9.90. The summed E-state index contributed by atoms with van der Waals surface area (Å²) in [6.45, 7) is 4.66. The lowest BCUT2D eigenvalue weighted by atomic mass is 9.96. The highest BCUT2D eigenvalue weighted by molar-refractivity contribution is 6.01. The van der Waals surface area contributed by atoms with E-state index in [9.17, 15) is 24.3 Å². The van der Waals surface area contributed by atoms with Crippen LogP contribution in [0.3, 0.4) is 0 Å². The zero-order valence-electron chi connectivity index (χ0n) is 24.6. The average molecular weight is 587 g/mol. The van der Waals surface area contributed by atoms with E-state index in [0.29, 0.717) is 12.8 Å². The molecule has 5 N–H and O–H groups in total. The lowest BCUT2D eigenvalue weighted by molar-refractivity contribution is -0.129. The molecule has 1 aliphatic heterocycles. The highest BCUT2D eigenvalue weighted by Crippen LogP contribution is 2.30. The van der Waals surface area contributed by atoms with E-state index in [0.717, 1.165) is 33.5 Å². The van der Waals surface area contributed by atoms with Crippen molar-refractivity contribution in [3.05, 3.63) is 89.5 Å². The maximum atomic E-state index is 13.9. The lowest BCUT2D eigenvalue weighted by Crippen LogP contribution is -2.55. The third-order valence-corrected chi connectivity index (χ3v) is 7.04. The Morgan fingerprint density at radius 2 is 1.70 bits per heavy atom. The minimum Gasteiger partial charge on any atom is -0.444 e. The number of ether oxygens (including phenoxy) is 1. The fraction of sp³-hybridized carbons (Fsp3) is 0.333. The van der Waals surface area contributed by atoms with E-state index in [1.165, 1.54) is 0 Å². The van der Waals surface area contributed by atoms with Crippen LogP contribution in [-0.2, 0) is 38.5 Å². The predicted octanol–water partition coefficient (Wildman–Crippen LogP) is 3.23. The normalized spacial score (nSPS) is 15.6. The Kier molecular flexibility index (Phi) is 9.82. The highest BCUT2D eigenvalue weighted by atomic mass is 16.6. The molecule has 43 heavy (non-hydrogen) atoms. The van der Waals surface area contributed by atoms with Gasteiger partial charge in [-0.15, -0.1) is 0 Å². The van der Waals surface area contributed by atoms with Crippen molar-refractivity contribution in [3.63, 3.8) is 0 Å². The van der Waals surface area contributed by atoms with E-state index in [2.05, 4.69) is 10.6 Å². The van der Waals surface area contributed by atoms with Crippen LogP contribution >= 0.6 is 0 Å². The second-order valence-electron chi connectivity index (χ2n) is 11.5. The number of nitrogens with zero attached hydrogens (tertiary/aromatic N) is 1.